The molecular formula is C20H21Cl2F3N2O3S2. The van der Waals surface area contributed by atoms with Crippen LogP contribution in [0.15, 0.2) is 42.5 Å². The first kappa shape index (κ1) is 26.6. The number of nitrogens with zero attached hydrogens (tertiary/aromatic N) is 1. The lowest BCUT2D eigenvalue weighted by Gasteiger charge is -2.24. The Bertz CT molecular complexity index is 1050. The SMILES string of the molecule is CS(=O)(=O)N(CC(=O)NCCCSCc1cccc(Cl)c1)c1cc(C(F)(F)F)ccc1Cl. The summed E-state index contributed by atoms with van der Waals surface area (Å²) in [6, 6.07) is 9.79. The maximum absolute atomic E-state index is 13.0. The summed E-state index contributed by atoms with van der Waals surface area (Å²) in [6.07, 6.45) is -3.27. The highest BCUT2D eigenvalue weighted by atomic mass is 35.5. The van der Waals surface area contributed by atoms with Gasteiger partial charge >= 0.3 is 6.18 Å². The van der Waals surface area contributed by atoms with Gasteiger partial charge in [-0.3, -0.25) is 9.10 Å². The average molecular weight is 529 g/mol. The number of hydrogen-bond acceptors (Lipinski definition) is 4. The van der Waals surface area contributed by atoms with Crippen LogP contribution in [0.4, 0.5) is 18.9 Å². The van der Waals surface area contributed by atoms with Gasteiger partial charge in [-0.05, 0) is 48.1 Å². The molecule has 1 N–H and O–H groups in total. The summed E-state index contributed by atoms with van der Waals surface area (Å²) >= 11 is 13.5. The highest BCUT2D eigenvalue weighted by Gasteiger charge is 2.33. The fourth-order valence-corrected chi connectivity index (χ4v) is 4.92. The van der Waals surface area contributed by atoms with Gasteiger partial charge < -0.3 is 5.32 Å². The molecule has 0 atom stereocenters. The van der Waals surface area contributed by atoms with E-state index < -0.39 is 39.9 Å². The minimum atomic E-state index is -4.69. The van der Waals surface area contributed by atoms with Crippen LogP contribution in [0.25, 0.3) is 0 Å². The van der Waals surface area contributed by atoms with Crippen molar-refractivity contribution in [2.45, 2.75) is 18.3 Å². The maximum atomic E-state index is 13.0. The van der Waals surface area contributed by atoms with Crippen LogP contribution in [0.3, 0.4) is 0 Å². The zero-order chi connectivity index (χ0) is 23.9. The van der Waals surface area contributed by atoms with E-state index in [2.05, 4.69) is 5.32 Å². The number of halogens is 5. The van der Waals surface area contributed by atoms with Crippen LogP contribution in [-0.4, -0.2) is 39.4 Å². The molecule has 0 aliphatic carbocycles. The van der Waals surface area contributed by atoms with Gasteiger partial charge in [0, 0.05) is 17.3 Å². The van der Waals surface area contributed by atoms with E-state index in [9.17, 15) is 26.4 Å². The summed E-state index contributed by atoms with van der Waals surface area (Å²) in [6.45, 7) is -0.398. The highest BCUT2D eigenvalue weighted by Crippen LogP contribution is 2.36. The van der Waals surface area contributed by atoms with E-state index in [-0.39, 0.29) is 11.6 Å². The Balaban J connectivity index is 1.91. The molecule has 5 nitrogen and oxygen atoms in total. The molecule has 176 valence electrons. The monoisotopic (exact) mass is 528 g/mol. The third-order valence-electron chi connectivity index (χ3n) is 4.18. The van der Waals surface area contributed by atoms with Gasteiger partial charge in [-0.2, -0.15) is 24.9 Å². The normalized spacial score (nSPS) is 11.9. The summed E-state index contributed by atoms with van der Waals surface area (Å²) in [5.41, 5.74) is -0.396. The molecule has 2 aromatic rings. The number of carbonyl (C=O) groups is 1. The van der Waals surface area contributed by atoms with Crippen LogP contribution in [0, 0.1) is 0 Å². The summed E-state index contributed by atoms with van der Waals surface area (Å²) in [5, 5.41) is 3.03. The van der Waals surface area contributed by atoms with E-state index >= 15 is 0 Å². The summed E-state index contributed by atoms with van der Waals surface area (Å²) in [4.78, 5) is 12.3. The summed E-state index contributed by atoms with van der Waals surface area (Å²) < 4.78 is 63.9. The second-order valence-corrected chi connectivity index (χ2v) is 10.7. The van der Waals surface area contributed by atoms with E-state index in [1.807, 2.05) is 18.2 Å². The van der Waals surface area contributed by atoms with E-state index in [4.69, 9.17) is 23.2 Å². The van der Waals surface area contributed by atoms with Crippen LogP contribution in [0.5, 0.6) is 0 Å². The van der Waals surface area contributed by atoms with Gasteiger partial charge in [0.15, 0.2) is 0 Å². The predicted octanol–water partition coefficient (Wildman–Crippen LogP) is 5.22. The average Bonchev–Trinajstić information content (AvgIpc) is 2.68. The Morgan fingerprint density at radius 1 is 1.16 bits per heavy atom. The lowest BCUT2D eigenvalue weighted by molar-refractivity contribution is -0.137. The van der Waals surface area contributed by atoms with Crippen LogP contribution in [-0.2, 0) is 26.7 Å². The van der Waals surface area contributed by atoms with Crippen LogP contribution >= 0.6 is 35.0 Å². The van der Waals surface area contributed by atoms with Gasteiger partial charge in [0.25, 0.3) is 0 Å². The Morgan fingerprint density at radius 2 is 1.88 bits per heavy atom. The Morgan fingerprint density at radius 3 is 2.50 bits per heavy atom. The van der Waals surface area contributed by atoms with E-state index in [0.717, 1.165) is 35.5 Å². The predicted molar refractivity (Wildman–Crippen MR) is 124 cm³/mol. The molecule has 0 aromatic heterocycles. The lowest BCUT2D eigenvalue weighted by atomic mass is 10.2. The first-order chi connectivity index (χ1) is 14.9. The largest absolute Gasteiger partial charge is 0.416 e. The fourth-order valence-electron chi connectivity index (χ4n) is 2.67. The van der Waals surface area contributed by atoms with Gasteiger partial charge in [0.2, 0.25) is 15.9 Å². The summed E-state index contributed by atoms with van der Waals surface area (Å²) in [7, 11) is -4.07. The lowest BCUT2D eigenvalue weighted by Crippen LogP contribution is -2.41. The third kappa shape index (κ3) is 8.38. The molecule has 0 saturated carbocycles. The van der Waals surface area contributed by atoms with E-state index in [0.29, 0.717) is 21.8 Å². The molecule has 2 rings (SSSR count). The smallest absolute Gasteiger partial charge is 0.354 e. The fraction of sp³-hybridized carbons (Fsp3) is 0.350. The molecular weight excluding hydrogens is 508 g/mol. The number of hydrogen-bond donors (Lipinski definition) is 1. The van der Waals surface area contributed by atoms with Crippen molar-refractivity contribution in [3.63, 3.8) is 0 Å². The van der Waals surface area contributed by atoms with Crippen LogP contribution < -0.4 is 9.62 Å². The second-order valence-electron chi connectivity index (χ2n) is 6.82. The molecule has 0 aliphatic rings. The van der Waals surface area contributed by atoms with Crippen molar-refractivity contribution < 1.29 is 26.4 Å². The van der Waals surface area contributed by atoms with Gasteiger partial charge in [0.1, 0.15) is 6.54 Å². The molecule has 0 bridgehead atoms. The standard InChI is InChI=1S/C20H21Cl2F3N2O3S2/c1-32(29,30)27(18-11-15(20(23,24)25)6-7-17(18)22)12-19(28)26-8-3-9-31-13-14-4-2-5-16(21)10-14/h2,4-7,10-11H,3,8-9,12-13H2,1H3,(H,26,28). The first-order valence-corrected chi connectivity index (χ1v) is 13.1. The number of anilines is 1. The Kier molecular flexibility index (Phi) is 9.56. The number of alkyl halides is 3. The molecule has 0 radical (unpaired) electrons. The molecule has 0 unspecified atom stereocenters. The number of rotatable bonds is 10. The van der Waals surface area contributed by atoms with Crippen LogP contribution in [0.2, 0.25) is 10.0 Å². The van der Waals surface area contributed by atoms with Crippen molar-refractivity contribution in [3.8, 4) is 0 Å². The molecule has 0 aliphatic heterocycles. The van der Waals surface area contributed by atoms with E-state index in [1.54, 1.807) is 17.8 Å². The van der Waals surface area contributed by atoms with Gasteiger partial charge in [-0.15, -0.1) is 0 Å². The van der Waals surface area contributed by atoms with Crippen molar-refractivity contribution in [1.29, 1.82) is 0 Å². The number of benzene rings is 2. The first-order valence-electron chi connectivity index (χ1n) is 9.31. The molecule has 0 spiro atoms. The van der Waals surface area contributed by atoms with Crippen molar-refractivity contribution >= 4 is 56.6 Å². The number of nitrogens with one attached hydrogen (secondary N) is 1. The van der Waals surface area contributed by atoms with Gasteiger partial charge in [-0.1, -0.05) is 35.3 Å². The molecule has 32 heavy (non-hydrogen) atoms. The van der Waals surface area contributed by atoms with Crippen molar-refractivity contribution in [1.82, 2.24) is 5.32 Å². The molecule has 2 aromatic carbocycles. The zero-order valence-corrected chi connectivity index (χ0v) is 20.1. The number of sulfonamides is 1. The highest BCUT2D eigenvalue weighted by molar-refractivity contribution is 7.98. The maximum Gasteiger partial charge on any atom is 0.416 e. The van der Waals surface area contributed by atoms with Gasteiger partial charge in [0.05, 0.1) is 22.5 Å². The van der Waals surface area contributed by atoms with Crippen molar-refractivity contribution in [3.05, 3.63) is 63.6 Å². The zero-order valence-electron chi connectivity index (χ0n) is 17.0. The van der Waals surface area contributed by atoms with Gasteiger partial charge in [-0.25, -0.2) is 8.42 Å². The minimum Gasteiger partial charge on any atom is -0.354 e. The van der Waals surface area contributed by atoms with E-state index in [1.165, 1.54) is 0 Å². The Hall–Kier alpha value is -1.62. The minimum absolute atomic E-state index is 0.214. The van der Waals surface area contributed by atoms with Crippen molar-refractivity contribution in [2.75, 3.05) is 29.4 Å². The molecule has 0 fully saturated rings. The van der Waals surface area contributed by atoms with Crippen LogP contribution in [0.1, 0.15) is 17.5 Å². The number of carbonyl (C=O) groups excluding carboxylic acids is 1. The number of amides is 1. The van der Waals surface area contributed by atoms with Crippen molar-refractivity contribution in [2.24, 2.45) is 0 Å². The third-order valence-corrected chi connectivity index (χ3v) is 6.97. The topological polar surface area (TPSA) is 66.5 Å². The molecule has 12 heteroatoms. The molecule has 0 heterocycles. The Labute approximate surface area is 199 Å². The molecule has 0 saturated heterocycles. The number of thioether (sulfide) groups is 1. The second kappa shape index (κ2) is 11.5. The summed E-state index contributed by atoms with van der Waals surface area (Å²) in [5.74, 6) is 0.843. The molecule has 1 amide bonds. The quantitative estimate of drug-likeness (QED) is 0.429.